The fraction of sp³-hybridized carbons (Fsp3) is 0.500. The van der Waals surface area contributed by atoms with Gasteiger partial charge in [0.1, 0.15) is 17.1 Å². The summed E-state index contributed by atoms with van der Waals surface area (Å²) in [5.74, 6) is 2.50. The van der Waals surface area contributed by atoms with Gasteiger partial charge in [-0.25, -0.2) is 0 Å². The fourth-order valence-corrected chi connectivity index (χ4v) is 3.15. The van der Waals surface area contributed by atoms with E-state index in [-0.39, 0.29) is 11.3 Å². The van der Waals surface area contributed by atoms with E-state index in [2.05, 4.69) is 46.3 Å². The first-order valence-corrected chi connectivity index (χ1v) is 9.00. The number of anilines is 1. The van der Waals surface area contributed by atoms with Crippen LogP contribution in [0.5, 0.6) is 0 Å². The van der Waals surface area contributed by atoms with Crippen molar-refractivity contribution in [2.75, 3.05) is 24.5 Å². The summed E-state index contributed by atoms with van der Waals surface area (Å²) in [7, 11) is 0. The molecule has 4 rings (SSSR count). The highest BCUT2D eigenvalue weighted by atomic mass is 16.5. The number of aryl methyl sites for hydroxylation is 1. The Balaban J connectivity index is 1.38. The molecule has 3 aromatic heterocycles. The van der Waals surface area contributed by atoms with E-state index in [0.29, 0.717) is 23.8 Å². The third-order valence-electron chi connectivity index (χ3n) is 4.75. The minimum atomic E-state index is -0.147. The molecule has 9 nitrogen and oxygen atoms in total. The van der Waals surface area contributed by atoms with Gasteiger partial charge in [-0.15, -0.1) is 15.3 Å². The average molecular weight is 369 g/mol. The standard InChI is InChI=1S/C18H23N7O2/c1-11-13(8-20-27-11)16(26)19-7-12-9-24(10-12)15-6-5-14-21-22-17(18(2,3)4)25(14)23-15/h5-6,8,12H,7,9-10H2,1-4H3,(H,19,26). The molecule has 9 heteroatoms. The maximum absolute atomic E-state index is 12.1. The number of fused-ring (bicyclic) bond motifs is 1. The van der Waals surface area contributed by atoms with Crippen LogP contribution in [-0.2, 0) is 5.41 Å². The van der Waals surface area contributed by atoms with E-state index in [1.54, 1.807) is 6.92 Å². The number of nitrogens with zero attached hydrogens (tertiary/aromatic N) is 6. The van der Waals surface area contributed by atoms with Gasteiger partial charge in [0.2, 0.25) is 0 Å². The summed E-state index contributed by atoms with van der Waals surface area (Å²) in [5.41, 5.74) is 1.10. The van der Waals surface area contributed by atoms with Crippen LogP contribution in [0.15, 0.2) is 22.9 Å². The van der Waals surface area contributed by atoms with E-state index >= 15 is 0 Å². The Morgan fingerprint density at radius 3 is 2.74 bits per heavy atom. The van der Waals surface area contributed by atoms with Gasteiger partial charge in [-0.1, -0.05) is 25.9 Å². The molecule has 4 heterocycles. The van der Waals surface area contributed by atoms with Crippen molar-refractivity contribution in [3.63, 3.8) is 0 Å². The topological polar surface area (TPSA) is 101 Å². The molecule has 0 aliphatic carbocycles. The highest BCUT2D eigenvalue weighted by Crippen LogP contribution is 2.25. The number of nitrogens with one attached hydrogen (secondary N) is 1. The van der Waals surface area contributed by atoms with Crippen LogP contribution in [-0.4, -0.2) is 50.5 Å². The smallest absolute Gasteiger partial charge is 0.256 e. The molecule has 0 atom stereocenters. The quantitative estimate of drug-likeness (QED) is 0.745. The van der Waals surface area contributed by atoms with Crippen molar-refractivity contribution < 1.29 is 9.32 Å². The third-order valence-corrected chi connectivity index (χ3v) is 4.75. The summed E-state index contributed by atoms with van der Waals surface area (Å²) in [6.07, 6.45) is 1.45. The van der Waals surface area contributed by atoms with Gasteiger partial charge in [0, 0.05) is 31.0 Å². The zero-order valence-corrected chi connectivity index (χ0v) is 15.9. The summed E-state index contributed by atoms with van der Waals surface area (Å²) in [5, 5.41) is 19.8. The van der Waals surface area contributed by atoms with Crippen LogP contribution in [0, 0.1) is 12.8 Å². The normalized spacial score (nSPS) is 15.2. The van der Waals surface area contributed by atoms with Crippen molar-refractivity contribution in [1.29, 1.82) is 0 Å². The van der Waals surface area contributed by atoms with Crippen LogP contribution >= 0.6 is 0 Å². The highest BCUT2D eigenvalue weighted by Gasteiger charge is 2.29. The van der Waals surface area contributed by atoms with E-state index in [4.69, 9.17) is 9.62 Å². The summed E-state index contributed by atoms with van der Waals surface area (Å²) in [6.45, 7) is 10.3. The number of amides is 1. The first-order chi connectivity index (χ1) is 12.8. The molecule has 0 radical (unpaired) electrons. The minimum absolute atomic E-state index is 0.132. The lowest BCUT2D eigenvalue weighted by Gasteiger charge is -2.40. The molecular formula is C18H23N7O2. The van der Waals surface area contributed by atoms with E-state index in [9.17, 15) is 4.79 Å². The second-order valence-electron chi connectivity index (χ2n) is 8.01. The first-order valence-electron chi connectivity index (χ1n) is 9.00. The molecular weight excluding hydrogens is 346 g/mol. The number of carbonyl (C=O) groups is 1. The summed E-state index contributed by atoms with van der Waals surface area (Å²) in [4.78, 5) is 14.3. The Bertz CT molecular complexity index is 979. The number of hydrogen-bond donors (Lipinski definition) is 1. The lowest BCUT2D eigenvalue weighted by atomic mass is 9.96. The van der Waals surface area contributed by atoms with Crippen LogP contribution < -0.4 is 10.2 Å². The lowest BCUT2D eigenvalue weighted by molar-refractivity contribution is 0.0943. The molecule has 27 heavy (non-hydrogen) atoms. The molecule has 1 fully saturated rings. The minimum Gasteiger partial charge on any atom is -0.361 e. The SMILES string of the molecule is Cc1oncc1C(=O)NCC1CN(c2ccc3nnc(C(C)(C)C)n3n2)C1. The van der Waals surface area contributed by atoms with Gasteiger partial charge in [-0.05, 0) is 19.1 Å². The van der Waals surface area contributed by atoms with Crippen molar-refractivity contribution >= 4 is 17.4 Å². The Hall–Kier alpha value is -2.97. The van der Waals surface area contributed by atoms with Crippen LogP contribution in [0.2, 0.25) is 0 Å². The first kappa shape index (κ1) is 17.4. The van der Waals surface area contributed by atoms with Gasteiger partial charge < -0.3 is 14.7 Å². The third kappa shape index (κ3) is 3.24. The Morgan fingerprint density at radius 1 is 1.30 bits per heavy atom. The number of carbonyl (C=O) groups excluding carboxylic acids is 1. The summed E-state index contributed by atoms with van der Waals surface area (Å²) >= 11 is 0. The van der Waals surface area contributed by atoms with Crippen molar-refractivity contribution in [3.05, 3.63) is 35.5 Å². The van der Waals surface area contributed by atoms with Crippen LogP contribution in [0.3, 0.4) is 0 Å². The van der Waals surface area contributed by atoms with Crippen LogP contribution in [0.25, 0.3) is 5.65 Å². The second-order valence-corrected chi connectivity index (χ2v) is 8.01. The van der Waals surface area contributed by atoms with Crippen molar-refractivity contribution in [2.24, 2.45) is 5.92 Å². The van der Waals surface area contributed by atoms with Gasteiger partial charge in [-0.3, -0.25) is 4.79 Å². The van der Waals surface area contributed by atoms with E-state index < -0.39 is 0 Å². The molecule has 0 aromatic carbocycles. The monoisotopic (exact) mass is 369 g/mol. The van der Waals surface area contributed by atoms with Crippen molar-refractivity contribution in [1.82, 2.24) is 30.3 Å². The second kappa shape index (κ2) is 6.33. The zero-order valence-electron chi connectivity index (χ0n) is 15.9. The molecule has 1 aliphatic rings. The molecule has 0 unspecified atom stereocenters. The number of hydrogen-bond acceptors (Lipinski definition) is 7. The average Bonchev–Trinajstić information content (AvgIpc) is 3.18. The van der Waals surface area contributed by atoms with Crippen molar-refractivity contribution in [3.8, 4) is 0 Å². The lowest BCUT2D eigenvalue weighted by Crippen LogP contribution is -2.52. The predicted octanol–water partition coefficient (Wildman–Crippen LogP) is 1.58. The predicted molar refractivity (Wildman–Crippen MR) is 98.8 cm³/mol. The van der Waals surface area contributed by atoms with E-state index in [1.807, 2.05) is 16.6 Å². The van der Waals surface area contributed by atoms with Gasteiger partial charge in [0.05, 0.1) is 6.20 Å². The largest absolute Gasteiger partial charge is 0.361 e. The maximum Gasteiger partial charge on any atom is 0.256 e. The Labute approximate surface area is 156 Å². The number of rotatable bonds is 4. The zero-order chi connectivity index (χ0) is 19.2. The summed E-state index contributed by atoms with van der Waals surface area (Å²) in [6, 6.07) is 3.90. The molecule has 3 aromatic rings. The Kier molecular flexibility index (Phi) is 4.09. The molecule has 0 saturated carbocycles. The number of aromatic nitrogens is 5. The molecule has 1 aliphatic heterocycles. The molecule has 0 bridgehead atoms. The highest BCUT2D eigenvalue weighted by molar-refractivity contribution is 5.94. The van der Waals surface area contributed by atoms with Crippen LogP contribution in [0.4, 0.5) is 5.82 Å². The van der Waals surface area contributed by atoms with E-state index in [0.717, 1.165) is 30.4 Å². The molecule has 1 N–H and O–H groups in total. The van der Waals surface area contributed by atoms with Gasteiger partial charge in [0.15, 0.2) is 11.5 Å². The van der Waals surface area contributed by atoms with Crippen LogP contribution in [0.1, 0.15) is 42.7 Å². The molecule has 142 valence electrons. The summed E-state index contributed by atoms with van der Waals surface area (Å²) < 4.78 is 6.75. The Morgan fingerprint density at radius 2 is 2.07 bits per heavy atom. The molecule has 0 spiro atoms. The van der Waals surface area contributed by atoms with Crippen molar-refractivity contribution in [2.45, 2.75) is 33.1 Å². The molecule has 1 amide bonds. The van der Waals surface area contributed by atoms with Gasteiger partial charge in [-0.2, -0.15) is 4.52 Å². The van der Waals surface area contributed by atoms with E-state index in [1.165, 1.54) is 6.20 Å². The fourth-order valence-electron chi connectivity index (χ4n) is 3.15. The van der Waals surface area contributed by atoms with Gasteiger partial charge in [0.25, 0.3) is 5.91 Å². The maximum atomic E-state index is 12.1. The van der Waals surface area contributed by atoms with Gasteiger partial charge >= 0.3 is 0 Å². The molecule has 1 saturated heterocycles.